The SMILES string of the molecule is N#CCOc1ccc(/C=C(\C#N)C(=O)Nc2ccc(Cl)cc2)cc1Cl. The van der Waals surface area contributed by atoms with Crippen LogP contribution < -0.4 is 10.1 Å². The Labute approximate surface area is 154 Å². The van der Waals surface area contributed by atoms with Gasteiger partial charge in [0.1, 0.15) is 23.5 Å². The van der Waals surface area contributed by atoms with E-state index in [2.05, 4.69) is 5.32 Å². The minimum absolute atomic E-state index is 0.0864. The van der Waals surface area contributed by atoms with Crippen LogP contribution in [0.15, 0.2) is 48.0 Å². The average Bonchev–Trinajstić information content (AvgIpc) is 2.60. The van der Waals surface area contributed by atoms with Gasteiger partial charge in [-0.1, -0.05) is 29.3 Å². The van der Waals surface area contributed by atoms with Gasteiger partial charge in [-0.15, -0.1) is 0 Å². The molecule has 0 aliphatic heterocycles. The molecule has 124 valence electrons. The molecule has 25 heavy (non-hydrogen) atoms. The minimum atomic E-state index is -0.550. The number of rotatable bonds is 5. The molecule has 5 nitrogen and oxygen atoms in total. The highest BCUT2D eigenvalue weighted by Gasteiger charge is 2.10. The molecule has 0 saturated heterocycles. The Kier molecular flexibility index (Phi) is 6.42. The van der Waals surface area contributed by atoms with Crippen LogP contribution in [0.2, 0.25) is 10.0 Å². The molecule has 1 N–H and O–H groups in total. The van der Waals surface area contributed by atoms with Crippen molar-refractivity contribution in [2.75, 3.05) is 11.9 Å². The molecule has 0 aliphatic rings. The van der Waals surface area contributed by atoms with Crippen LogP contribution in [0.5, 0.6) is 5.75 Å². The third-order valence-electron chi connectivity index (χ3n) is 3.03. The van der Waals surface area contributed by atoms with Gasteiger partial charge in [0.2, 0.25) is 0 Å². The molecule has 0 bridgehead atoms. The van der Waals surface area contributed by atoms with E-state index < -0.39 is 5.91 Å². The number of hydrogen-bond acceptors (Lipinski definition) is 4. The van der Waals surface area contributed by atoms with Crippen molar-refractivity contribution in [1.82, 2.24) is 0 Å². The van der Waals surface area contributed by atoms with Crippen LogP contribution in [0.1, 0.15) is 5.56 Å². The van der Waals surface area contributed by atoms with Gasteiger partial charge < -0.3 is 10.1 Å². The van der Waals surface area contributed by atoms with E-state index in [1.165, 1.54) is 6.08 Å². The van der Waals surface area contributed by atoms with E-state index in [-0.39, 0.29) is 17.2 Å². The monoisotopic (exact) mass is 371 g/mol. The zero-order valence-electron chi connectivity index (χ0n) is 12.8. The summed E-state index contributed by atoms with van der Waals surface area (Å²) in [4.78, 5) is 12.2. The normalized spacial score (nSPS) is 10.5. The molecule has 0 spiro atoms. The number of ether oxygens (including phenoxy) is 1. The first-order valence-electron chi connectivity index (χ1n) is 7.01. The molecular weight excluding hydrogens is 361 g/mol. The Balaban J connectivity index is 2.17. The minimum Gasteiger partial charge on any atom is -0.477 e. The Hall–Kier alpha value is -2.99. The lowest BCUT2D eigenvalue weighted by molar-refractivity contribution is -0.112. The second-order valence-electron chi connectivity index (χ2n) is 4.77. The average molecular weight is 372 g/mol. The fraction of sp³-hybridized carbons (Fsp3) is 0.0556. The first-order valence-corrected chi connectivity index (χ1v) is 7.77. The van der Waals surface area contributed by atoms with Gasteiger partial charge in [0.15, 0.2) is 6.61 Å². The smallest absolute Gasteiger partial charge is 0.266 e. The van der Waals surface area contributed by atoms with Crippen molar-refractivity contribution in [1.29, 1.82) is 10.5 Å². The molecule has 7 heteroatoms. The number of nitriles is 2. The zero-order valence-corrected chi connectivity index (χ0v) is 14.3. The number of halogens is 2. The molecule has 0 fully saturated rings. The van der Waals surface area contributed by atoms with Crippen LogP contribution in [-0.4, -0.2) is 12.5 Å². The number of carbonyl (C=O) groups excluding carboxylic acids is 1. The molecule has 0 saturated carbocycles. The zero-order chi connectivity index (χ0) is 18.2. The molecule has 0 unspecified atom stereocenters. The molecule has 0 atom stereocenters. The van der Waals surface area contributed by atoms with Crippen molar-refractivity contribution in [3.05, 3.63) is 63.6 Å². The van der Waals surface area contributed by atoms with E-state index in [4.69, 9.17) is 33.2 Å². The van der Waals surface area contributed by atoms with Crippen LogP contribution in [-0.2, 0) is 4.79 Å². The molecular formula is C18H11Cl2N3O2. The van der Waals surface area contributed by atoms with Gasteiger partial charge in [0.25, 0.3) is 5.91 Å². The highest BCUT2D eigenvalue weighted by molar-refractivity contribution is 6.32. The summed E-state index contributed by atoms with van der Waals surface area (Å²) in [6.07, 6.45) is 1.41. The fourth-order valence-electron chi connectivity index (χ4n) is 1.88. The first-order chi connectivity index (χ1) is 12.0. The molecule has 1 amide bonds. The Morgan fingerprint density at radius 3 is 2.48 bits per heavy atom. The molecule has 0 heterocycles. The van der Waals surface area contributed by atoms with E-state index in [1.807, 2.05) is 12.1 Å². The number of carbonyl (C=O) groups is 1. The Morgan fingerprint density at radius 2 is 1.88 bits per heavy atom. The van der Waals surface area contributed by atoms with Crippen molar-refractivity contribution in [2.24, 2.45) is 0 Å². The summed E-state index contributed by atoms with van der Waals surface area (Å²) in [5.41, 5.74) is 0.989. The van der Waals surface area contributed by atoms with E-state index in [9.17, 15) is 10.1 Å². The van der Waals surface area contributed by atoms with Gasteiger partial charge >= 0.3 is 0 Å². The summed E-state index contributed by atoms with van der Waals surface area (Å²) >= 11 is 11.8. The molecule has 0 aromatic heterocycles. The summed E-state index contributed by atoms with van der Waals surface area (Å²) in [5, 5.41) is 21.2. The Bertz CT molecular complexity index is 894. The van der Waals surface area contributed by atoms with Crippen LogP contribution in [0, 0.1) is 22.7 Å². The maximum absolute atomic E-state index is 12.2. The molecule has 2 aromatic rings. The number of benzene rings is 2. The van der Waals surface area contributed by atoms with Gasteiger partial charge in [-0.2, -0.15) is 10.5 Å². The van der Waals surface area contributed by atoms with Gasteiger partial charge in [0.05, 0.1) is 5.02 Å². The number of hydrogen-bond donors (Lipinski definition) is 1. The van der Waals surface area contributed by atoms with E-state index in [0.29, 0.717) is 22.0 Å². The lowest BCUT2D eigenvalue weighted by Crippen LogP contribution is -2.13. The van der Waals surface area contributed by atoms with Crippen molar-refractivity contribution in [3.8, 4) is 17.9 Å². The predicted molar refractivity (Wildman–Crippen MR) is 96.2 cm³/mol. The van der Waals surface area contributed by atoms with Crippen molar-refractivity contribution >= 4 is 40.9 Å². The summed E-state index contributed by atoms with van der Waals surface area (Å²) in [6.45, 7) is -0.123. The van der Waals surface area contributed by atoms with Crippen LogP contribution in [0.25, 0.3) is 6.08 Å². The summed E-state index contributed by atoms with van der Waals surface area (Å²) in [5.74, 6) is -0.199. The van der Waals surface area contributed by atoms with E-state index in [0.717, 1.165) is 0 Å². The lowest BCUT2D eigenvalue weighted by Gasteiger charge is -2.06. The number of amides is 1. The van der Waals surface area contributed by atoms with Crippen LogP contribution in [0.4, 0.5) is 5.69 Å². The second-order valence-corrected chi connectivity index (χ2v) is 5.61. The summed E-state index contributed by atoms with van der Waals surface area (Å²) in [6, 6.07) is 15.0. The quantitative estimate of drug-likeness (QED) is 0.621. The maximum atomic E-state index is 12.2. The topological polar surface area (TPSA) is 85.9 Å². The Morgan fingerprint density at radius 1 is 1.16 bits per heavy atom. The van der Waals surface area contributed by atoms with Gasteiger partial charge in [0, 0.05) is 10.7 Å². The lowest BCUT2D eigenvalue weighted by atomic mass is 10.1. The van der Waals surface area contributed by atoms with Gasteiger partial charge in [-0.25, -0.2) is 0 Å². The molecule has 2 rings (SSSR count). The number of anilines is 1. The van der Waals surface area contributed by atoms with Crippen molar-refractivity contribution in [2.45, 2.75) is 0 Å². The molecule has 2 aromatic carbocycles. The third-order valence-corrected chi connectivity index (χ3v) is 3.57. The second kappa shape index (κ2) is 8.75. The third kappa shape index (κ3) is 5.26. The van der Waals surface area contributed by atoms with Crippen LogP contribution >= 0.6 is 23.2 Å². The summed E-state index contributed by atoms with van der Waals surface area (Å²) < 4.78 is 5.14. The van der Waals surface area contributed by atoms with Crippen LogP contribution in [0.3, 0.4) is 0 Å². The number of nitrogens with zero attached hydrogens (tertiary/aromatic N) is 2. The van der Waals surface area contributed by atoms with Crippen molar-refractivity contribution < 1.29 is 9.53 Å². The fourth-order valence-corrected chi connectivity index (χ4v) is 2.25. The molecule has 0 aliphatic carbocycles. The first kappa shape index (κ1) is 18.4. The highest BCUT2D eigenvalue weighted by Crippen LogP contribution is 2.26. The predicted octanol–water partition coefficient (Wildman–Crippen LogP) is 4.44. The highest BCUT2D eigenvalue weighted by atomic mass is 35.5. The number of nitrogens with one attached hydrogen (secondary N) is 1. The van der Waals surface area contributed by atoms with Gasteiger partial charge in [-0.05, 0) is 48.0 Å². The largest absolute Gasteiger partial charge is 0.477 e. The van der Waals surface area contributed by atoms with Gasteiger partial charge in [-0.3, -0.25) is 4.79 Å². The van der Waals surface area contributed by atoms with E-state index in [1.54, 1.807) is 42.5 Å². The molecule has 0 radical (unpaired) electrons. The maximum Gasteiger partial charge on any atom is 0.266 e. The van der Waals surface area contributed by atoms with Crippen molar-refractivity contribution in [3.63, 3.8) is 0 Å². The van der Waals surface area contributed by atoms with E-state index >= 15 is 0 Å². The summed E-state index contributed by atoms with van der Waals surface area (Å²) in [7, 11) is 0. The standard InChI is InChI=1S/C18H11Cl2N3O2/c19-14-2-4-15(5-3-14)23-18(24)13(11-22)9-12-1-6-17(16(20)10-12)25-8-7-21/h1-6,9-10H,8H2,(H,23,24)/b13-9+.